The highest BCUT2D eigenvalue weighted by Crippen LogP contribution is 2.29. The quantitative estimate of drug-likeness (QED) is 0.477. The molecule has 1 aromatic carbocycles. The zero-order valence-electron chi connectivity index (χ0n) is 14.8. The normalized spacial score (nSPS) is 15.2. The van der Waals surface area contributed by atoms with Gasteiger partial charge in [-0.25, -0.2) is 4.99 Å². The first-order valence-electron chi connectivity index (χ1n) is 8.32. The van der Waals surface area contributed by atoms with E-state index in [1.807, 2.05) is 12.2 Å². The van der Waals surface area contributed by atoms with Crippen molar-refractivity contribution in [2.24, 2.45) is 4.99 Å². The van der Waals surface area contributed by atoms with Gasteiger partial charge in [-0.2, -0.15) is 13.2 Å². The second-order valence-corrected chi connectivity index (χ2v) is 6.29. The maximum absolute atomic E-state index is 12.8. The fraction of sp³-hybridized carbons (Fsp3) is 0.444. The first kappa shape index (κ1) is 19.8. The number of aliphatic imine (C=N–C) groups is 1. The summed E-state index contributed by atoms with van der Waals surface area (Å²) in [4.78, 5) is 17.6. The van der Waals surface area contributed by atoms with Crippen molar-refractivity contribution in [2.75, 3.05) is 20.6 Å². The highest BCUT2D eigenvalue weighted by Gasteiger charge is 2.30. The van der Waals surface area contributed by atoms with Crippen LogP contribution in [0.4, 0.5) is 13.2 Å². The van der Waals surface area contributed by atoms with Gasteiger partial charge in [0.2, 0.25) is 5.91 Å². The van der Waals surface area contributed by atoms with Gasteiger partial charge in [0.25, 0.3) is 0 Å². The smallest absolute Gasteiger partial charge is 0.353 e. The van der Waals surface area contributed by atoms with Crippen LogP contribution in [-0.2, 0) is 17.5 Å². The van der Waals surface area contributed by atoms with E-state index in [2.05, 4.69) is 15.6 Å². The number of nitrogens with zero attached hydrogens (tertiary/aromatic N) is 2. The van der Waals surface area contributed by atoms with Crippen molar-refractivity contribution in [2.45, 2.75) is 31.6 Å². The summed E-state index contributed by atoms with van der Waals surface area (Å²) in [6.07, 6.45) is 1.39. The summed E-state index contributed by atoms with van der Waals surface area (Å²) in [5, 5.41) is 6.15. The Labute approximate surface area is 151 Å². The SMILES string of the molecule is CN(C)C(=O)CNC(=NCc1cccc(C(F)(F)F)c1)NC1CC=CC1. The second kappa shape index (κ2) is 8.73. The van der Waals surface area contributed by atoms with Crippen molar-refractivity contribution in [3.8, 4) is 0 Å². The third kappa shape index (κ3) is 6.09. The highest BCUT2D eigenvalue weighted by atomic mass is 19.4. The van der Waals surface area contributed by atoms with E-state index in [1.54, 1.807) is 20.2 Å². The molecule has 2 rings (SSSR count). The molecule has 0 bridgehead atoms. The summed E-state index contributed by atoms with van der Waals surface area (Å²) >= 11 is 0. The second-order valence-electron chi connectivity index (χ2n) is 6.29. The van der Waals surface area contributed by atoms with Crippen LogP contribution in [0.25, 0.3) is 0 Å². The molecule has 0 spiro atoms. The zero-order chi connectivity index (χ0) is 19.2. The van der Waals surface area contributed by atoms with E-state index in [0.717, 1.165) is 25.0 Å². The number of nitrogens with one attached hydrogen (secondary N) is 2. The number of rotatable bonds is 5. The third-order valence-corrected chi connectivity index (χ3v) is 3.93. The van der Waals surface area contributed by atoms with Crippen molar-refractivity contribution in [1.82, 2.24) is 15.5 Å². The molecule has 0 aromatic heterocycles. The molecule has 0 aliphatic heterocycles. The number of hydrogen-bond donors (Lipinski definition) is 2. The van der Waals surface area contributed by atoms with Crippen LogP contribution in [0.5, 0.6) is 0 Å². The minimum Gasteiger partial charge on any atom is -0.353 e. The molecule has 8 heteroatoms. The molecule has 1 amide bonds. The van der Waals surface area contributed by atoms with Gasteiger partial charge in [-0.15, -0.1) is 0 Å². The molecule has 1 aliphatic rings. The molecule has 142 valence electrons. The van der Waals surface area contributed by atoms with Crippen molar-refractivity contribution >= 4 is 11.9 Å². The number of carbonyl (C=O) groups excluding carboxylic acids is 1. The molecule has 5 nitrogen and oxygen atoms in total. The molecule has 0 saturated heterocycles. The van der Waals surface area contributed by atoms with Gasteiger partial charge in [0.15, 0.2) is 5.96 Å². The largest absolute Gasteiger partial charge is 0.416 e. The maximum atomic E-state index is 12.8. The fourth-order valence-electron chi connectivity index (χ4n) is 2.41. The Hall–Kier alpha value is -2.51. The molecule has 0 saturated carbocycles. The van der Waals surface area contributed by atoms with Crippen LogP contribution in [0.2, 0.25) is 0 Å². The van der Waals surface area contributed by atoms with Gasteiger partial charge in [-0.05, 0) is 30.5 Å². The van der Waals surface area contributed by atoms with Crippen LogP contribution in [0.1, 0.15) is 24.0 Å². The number of amides is 1. The van der Waals surface area contributed by atoms with Crippen molar-refractivity contribution in [3.05, 3.63) is 47.5 Å². The lowest BCUT2D eigenvalue weighted by Crippen LogP contribution is -2.46. The zero-order valence-corrected chi connectivity index (χ0v) is 14.8. The first-order chi connectivity index (χ1) is 12.3. The van der Waals surface area contributed by atoms with Crippen LogP contribution in [-0.4, -0.2) is 43.4 Å². The molecule has 26 heavy (non-hydrogen) atoms. The van der Waals surface area contributed by atoms with Gasteiger partial charge >= 0.3 is 6.18 Å². The fourth-order valence-corrected chi connectivity index (χ4v) is 2.41. The van der Waals surface area contributed by atoms with E-state index in [9.17, 15) is 18.0 Å². The molecular formula is C18H23F3N4O. The van der Waals surface area contributed by atoms with Gasteiger partial charge in [0.05, 0.1) is 18.7 Å². The van der Waals surface area contributed by atoms with Crippen LogP contribution >= 0.6 is 0 Å². The molecule has 0 radical (unpaired) electrons. The number of alkyl halides is 3. The summed E-state index contributed by atoms with van der Waals surface area (Å²) in [6, 6.07) is 5.24. The van der Waals surface area contributed by atoms with E-state index in [-0.39, 0.29) is 25.0 Å². The van der Waals surface area contributed by atoms with Gasteiger partial charge in [-0.1, -0.05) is 24.3 Å². The number of carbonyl (C=O) groups is 1. The van der Waals surface area contributed by atoms with Gasteiger partial charge in [-0.3, -0.25) is 4.79 Å². The summed E-state index contributed by atoms with van der Waals surface area (Å²) in [7, 11) is 3.30. The minimum atomic E-state index is -4.38. The summed E-state index contributed by atoms with van der Waals surface area (Å²) < 4.78 is 38.4. The van der Waals surface area contributed by atoms with E-state index in [0.29, 0.717) is 11.5 Å². The lowest BCUT2D eigenvalue weighted by Gasteiger charge is -2.18. The van der Waals surface area contributed by atoms with Crippen molar-refractivity contribution < 1.29 is 18.0 Å². The van der Waals surface area contributed by atoms with Gasteiger partial charge in [0, 0.05) is 20.1 Å². The van der Waals surface area contributed by atoms with Crippen LogP contribution in [0.15, 0.2) is 41.4 Å². The van der Waals surface area contributed by atoms with E-state index >= 15 is 0 Å². The number of hydrogen-bond acceptors (Lipinski definition) is 2. The molecule has 2 N–H and O–H groups in total. The lowest BCUT2D eigenvalue weighted by atomic mass is 10.1. The topological polar surface area (TPSA) is 56.7 Å². The van der Waals surface area contributed by atoms with Gasteiger partial charge in [0.1, 0.15) is 0 Å². The molecule has 0 fully saturated rings. The Bertz CT molecular complexity index is 675. The average molecular weight is 368 g/mol. The monoisotopic (exact) mass is 368 g/mol. The Balaban J connectivity index is 2.06. The van der Waals surface area contributed by atoms with E-state index in [4.69, 9.17) is 0 Å². The summed E-state index contributed by atoms with van der Waals surface area (Å²) in [5.41, 5.74) is -0.250. The number of halogens is 3. The van der Waals surface area contributed by atoms with Crippen LogP contribution in [0, 0.1) is 0 Å². The number of likely N-dealkylation sites (N-methyl/N-ethyl adjacent to an activating group) is 1. The molecular weight excluding hydrogens is 345 g/mol. The predicted octanol–water partition coefficient (Wildman–Crippen LogP) is 2.55. The minimum absolute atomic E-state index is 0.0571. The maximum Gasteiger partial charge on any atom is 0.416 e. The number of benzene rings is 1. The lowest BCUT2D eigenvalue weighted by molar-refractivity contribution is -0.137. The molecule has 0 atom stereocenters. The van der Waals surface area contributed by atoms with Gasteiger partial charge < -0.3 is 15.5 Å². The highest BCUT2D eigenvalue weighted by molar-refractivity contribution is 5.86. The van der Waals surface area contributed by atoms with Crippen molar-refractivity contribution in [1.29, 1.82) is 0 Å². The standard InChI is InChI=1S/C18H23F3N4O/c1-25(2)16(26)12-23-17(24-15-8-3-4-9-15)22-11-13-6-5-7-14(10-13)18(19,20)21/h3-7,10,15H,8-9,11-12H2,1-2H3,(H2,22,23,24). The average Bonchev–Trinajstić information content (AvgIpc) is 3.09. The van der Waals surface area contributed by atoms with E-state index < -0.39 is 11.7 Å². The summed E-state index contributed by atoms with van der Waals surface area (Å²) in [6.45, 7) is 0.136. The Morgan fingerprint density at radius 1 is 1.27 bits per heavy atom. The summed E-state index contributed by atoms with van der Waals surface area (Å²) in [5.74, 6) is 0.287. The van der Waals surface area contributed by atoms with E-state index in [1.165, 1.54) is 11.0 Å². The third-order valence-electron chi connectivity index (χ3n) is 3.93. The predicted molar refractivity (Wildman–Crippen MR) is 94.6 cm³/mol. The van der Waals surface area contributed by atoms with Crippen molar-refractivity contribution in [3.63, 3.8) is 0 Å². The molecule has 1 aliphatic carbocycles. The molecule has 1 aromatic rings. The molecule has 0 heterocycles. The van der Waals surface area contributed by atoms with Crippen LogP contribution < -0.4 is 10.6 Å². The molecule has 0 unspecified atom stereocenters. The van der Waals surface area contributed by atoms with Crippen LogP contribution in [0.3, 0.4) is 0 Å². The Kier molecular flexibility index (Phi) is 6.65. The Morgan fingerprint density at radius 3 is 2.58 bits per heavy atom. The number of guanidine groups is 1. The Morgan fingerprint density at radius 2 is 1.96 bits per heavy atom. The first-order valence-corrected chi connectivity index (χ1v) is 8.32.